The van der Waals surface area contributed by atoms with Gasteiger partial charge in [-0.05, 0) is 38.5 Å². The maximum atomic E-state index is 9.18. The predicted molar refractivity (Wildman–Crippen MR) is 71.3 cm³/mol. The number of aliphatic hydroxyl groups excluding tert-OH is 1. The molecule has 0 aliphatic rings. The SMILES string of the molecule is CC(=CCC/C(C)=C/CN)CC(C)(C)CO. The lowest BCUT2D eigenvalue weighted by Gasteiger charge is -2.21. The molecule has 0 fully saturated rings. The topological polar surface area (TPSA) is 46.2 Å². The molecule has 0 saturated carbocycles. The van der Waals surface area contributed by atoms with Gasteiger partial charge in [-0.2, -0.15) is 0 Å². The van der Waals surface area contributed by atoms with Crippen LogP contribution in [0, 0.1) is 5.41 Å². The second-order valence-electron chi connectivity index (χ2n) is 5.37. The summed E-state index contributed by atoms with van der Waals surface area (Å²) in [5, 5.41) is 9.18. The normalized spacial score (nSPS) is 14.4. The fraction of sp³-hybridized carbons (Fsp3) is 0.714. The lowest BCUT2D eigenvalue weighted by molar-refractivity contribution is 0.159. The molecule has 0 aromatic carbocycles. The smallest absolute Gasteiger partial charge is 0.0485 e. The first kappa shape index (κ1) is 15.4. The molecule has 0 rings (SSSR count). The van der Waals surface area contributed by atoms with Crippen molar-refractivity contribution in [2.75, 3.05) is 13.2 Å². The highest BCUT2D eigenvalue weighted by atomic mass is 16.3. The van der Waals surface area contributed by atoms with Gasteiger partial charge in [0.2, 0.25) is 0 Å². The number of allylic oxidation sites excluding steroid dienone is 3. The lowest BCUT2D eigenvalue weighted by atomic mass is 9.86. The third-order valence-electron chi connectivity index (χ3n) is 2.68. The largest absolute Gasteiger partial charge is 0.396 e. The van der Waals surface area contributed by atoms with Gasteiger partial charge in [-0.15, -0.1) is 0 Å². The zero-order chi connectivity index (χ0) is 12.6. The summed E-state index contributed by atoms with van der Waals surface area (Å²) in [6, 6.07) is 0. The van der Waals surface area contributed by atoms with Gasteiger partial charge in [0.1, 0.15) is 0 Å². The summed E-state index contributed by atoms with van der Waals surface area (Å²) in [5.41, 5.74) is 8.16. The Kier molecular flexibility index (Phi) is 7.35. The summed E-state index contributed by atoms with van der Waals surface area (Å²) in [5.74, 6) is 0. The summed E-state index contributed by atoms with van der Waals surface area (Å²) in [6.07, 6.45) is 7.44. The first-order valence-corrected chi connectivity index (χ1v) is 6.03. The predicted octanol–water partition coefficient (Wildman–Crippen LogP) is 3.03. The summed E-state index contributed by atoms with van der Waals surface area (Å²) in [6.45, 7) is 9.30. The Morgan fingerprint density at radius 2 is 1.81 bits per heavy atom. The van der Waals surface area contributed by atoms with E-state index in [0.717, 1.165) is 19.3 Å². The van der Waals surface area contributed by atoms with E-state index in [0.29, 0.717) is 6.54 Å². The Hall–Kier alpha value is -0.600. The molecule has 0 aliphatic heterocycles. The molecule has 0 heterocycles. The minimum Gasteiger partial charge on any atom is -0.396 e. The van der Waals surface area contributed by atoms with Crippen LogP contribution in [-0.4, -0.2) is 18.3 Å². The zero-order valence-electron chi connectivity index (χ0n) is 11.2. The first-order valence-electron chi connectivity index (χ1n) is 6.03. The molecule has 2 heteroatoms. The van der Waals surface area contributed by atoms with Gasteiger partial charge in [0.05, 0.1) is 0 Å². The van der Waals surface area contributed by atoms with Crippen LogP contribution in [0.1, 0.15) is 47.0 Å². The Labute approximate surface area is 100 Å². The van der Waals surface area contributed by atoms with Crippen molar-refractivity contribution in [3.8, 4) is 0 Å². The van der Waals surface area contributed by atoms with E-state index in [2.05, 4.69) is 39.8 Å². The Morgan fingerprint density at radius 3 is 2.31 bits per heavy atom. The van der Waals surface area contributed by atoms with E-state index in [1.54, 1.807) is 0 Å². The van der Waals surface area contributed by atoms with Crippen molar-refractivity contribution in [2.45, 2.75) is 47.0 Å². The summed E-state index contributed by atoms with van der Waals surface area (Å²) < 4.78 is 0. The van der Waals surface area contributed by atoms with Gasteiger partial charge >= 0.3 is 0 Å². The van der Waals surface area contributed by atoms with Crippen LogP contribution in [0.15, 0.2) is 23.3 Å². The van der Waals surface area contributed by atoms with Crippen molar-refractivity contribution in [3.63, 3.8) is 0 Å². The summed E-state index contributed by atoms with van der Waals surface area (Å²) in [4.78, 5) is 0. The fourth-order valence-electron chi connectivity index (χ4n) is 1.73. The quantitative estimate of drug-likeness (QED) is 0.654. The molecule has 0 radical (unpaired) electrons. The molecule has 0 atom stereocenters. The maximum absolute atomic E-state index is 9.18. The van der Waals surface area contributed by atoms with Crippen LogP contribution in [-0.2, 0) is 0 Å². The molecule has 3 N–H and O–H groups in total. The van der Waals surface area contributed by atoms with E-state index in [1.165, 1.54) is 11.1 Å². The fourth-order valence-corrected chi connectivity index (χ4v) is 1.73. The Bertz CT molecular complexity index is 251. The third-order valence-corrected chi connectivity index (χ3v) is 2.68. The minimum absolute atomic E-state index is 0.00270. The molecular formula is C14H27NO. The lowest BCUT2D eigenvalue weighted by Crippen LogP contribution is -2.16. The van der Waals surface area contributed by atoms with Gasteiger partial charge in [0.15, 0.2) is 0 Å². The van der Waals surface area contributed by atoms with Gasteiger partial charge in [0, 0.05) is 13.2 Å². The van der Waals surface area contributed by atoms with Crippen LogP contribution in [0.25, 0.3) is 0 Å². The molecule has 0 unspecified atom stereocenters. The molecule has 0 bridgehead atoms. The monoisotopic (exact) mass is 225 g/mol. The molecule has 2 nitrogen and oxygen atoms in total. The minimum atomic E-state index is 0.00270. The van der Waals surface area contributed by atoms with Crippen molar-refractivity contribution in [1.29, 1.82) is 0 Å². The van der Waals surface area contributed by atoms with Gasteiger partial charge in [-0.25, -0.2) is 0 Å². The van der Waals surface area contributed by atoms with Crippen LogP contribution < -0.4 is 5.73 Å². The first-order chi connectivity index (χ1) is 7.41. The molecule has 0 aromatic heterocycles. The van der Waals surface area contributed by atoms with Crippen molar-refractivity contribution in [1.82, 2.24) is 0 Å². The number of nitrogens with two attached hydrogens (primary N) is 1. The van der Waals surface area contributed by atoms with Gasteiger partial charge < -0.3 is 10.8 Å². The average Bonchev–Trinajstić information content (AvgIpc) is 2.17. The molecule has 94 valence electrons. The second-order valence-corrected chi connectivity index (χ2v) is 5.37. The maximum Gasteiger partial charge on any atom is 0.0485 e. The molecule has 0 amide bonds. The molecule has 0 aliphatic carbocycles. The van der Waals surface area contributed by atoms with E-state index in [9.17, 15) is 5.11 Å². The highest BCUT2D eigenvalue weighted by molar-refractivity contribution is 5.05. The van der Waals surface area contributed by atoms with Crippen LogP contribution in [0.3, 0.4) is 0 Å². The number of aliphatic hydroxyl groups is 1. The highest BCUT2D eigenvalue weighted by Gasteiger charge is 2.16. The van der Waals surface area contributed by atoms with E-state index in [-0.39, 0.29) is 12.0 Å². The number of hydrogen-bond acceptors (Lipinski definition) is 2. The Morgan fingerprint density at radius 1 is 1.19 bits per heavy atom. The number of rotatable bonds is 7. The van der Waals surface area contributed by atoms with Crippen molar-refractivity contribution >= 4 is 0 Å². The number of hydrogen-bond donors (Lipinski definition) is 2. The van der Waals surface area contributed by atoms with Crippen LogP contribution in [0.2, 0.25) is 0 Å². The zero-order valence-corrected chi connectivity index (χ0v) is 11.2. The molecule has 0 saturated heterocycles. The summed E-state index contributed by atoms with van der Waals surface area (Å²) >= 11 is 0. The third kappa shape index (κ3) is 7.66. The standard InChI is InChI=1S/C14H27NO/c1-12(8-9-15)6-5-7-13(2)10-14(3,4)11-16/h7-8,16H,5-6,9-11,15H2,1-4H3/b12-8+,13-7?. The van der Waals surface area contributed by atoms with E-state index in [4.69, 9.17) is 5.73 Å². The van der Waals surface area contributed by atoms with Crippen LogP contribution in [0.4, 0.5) is 0 Å². The van der Waals surface area contributed by atoms with E-state index in [1.807, 2.05) is 0 Å². The van der Waals surface area contributed by atoms with Crippen molar-refractivity contribution in [2.24, 2.45) is 11.1 Å². The molecule has 0 spiro atoms. The average molecular weight is 225 g/mol. The van der Waals surface area contributed by atoms with Gasteiger partial charge in [-0.3, -0.25) is 0 Å². The van der Waals surface area contributed by atoms with Crippen molar-refractivity contribution < 1.29 is 5.11 Å². The van der Waals surface area contributed by atoms with E-state index < -0.39 is 0 Å². The van der Waals surface area contributed by atoms with Crippen LogP contribution >= 0.6 is 0 Å². The van der Waals surface area contributed by atoms with Gasteiger partial charge in [-0.1, -0.05) is 37.1 Å². The molecular weight excluding hydrogens is 198 g/mol. The highest BCUT2D eigenvalue weighted by Crippen LogP contribution is 2.24. The van der Waals surface area contributed by atoms with Crippen molar-refractivity contribution in [3.05, 3.63) is 23.3 Å². The molecule has 16 heavy (non-hydrogen) atoms. The van der Waals surface area contributed by atoms with E-state index >= 15 is 0 Å². The van der Waals surface area contributed by atoms with Crippen LogP contribution in [0.5, 0.6) is 0 Å². The Balaban J connectivity index is 4.01. The second kappa shape index (κ2) is 7.64. The molecule has 0 aromatic rings. The van der Waals surface area contributed by atoms with Gasteiger partial charge in [0.25, 0.3) is 0 Å². The summed E-state index contributed by atoms with van der Waals surface area (Å²) in [7, 11) is 0.